The lowest BCUT2D eigenvalue weighted by atomic mass is 10.3. The summed E-state index contributed by atoms with van der Waals surface area (Å²) in [5.41, 5.74) is 0. The van der Waals surface area contributed by atoms with Crippen LogP contribution in [0.2, 0.25) is 5.02 Å². The van der Waals surface area contributed by atoms with E-state index in [0.29, 0.717) is 0 Å². The molecule has 2 nitrogen and oxygen atoms in total. The summed E-state index contributed by atoms with van der Waals surface area (Å²) in [5.74, 6) is -0.496. The van der Waals surface area contributed by atoms with Gasteiger partial charge in [0.05, 0.1) is 17.5 Å². The van der Waals surface area contributed by atoms with Crippen LogP contribution in [0.4, 0.5) is 4.39 Å². The van der Waals surface area contributed by atoms with Crippen LogP contribution >= 0.6 is 11.6 Å². The van der Waals surface area contributed by atoms with Gasteiger partial charge in [0, 0.05) is 0 Å². The third-order valence-electron chi connectivity index (χ3n) is 1.38. The van der Waals surface area contributed by atoms with Crippen molar-refractivity contribution >= 4 is 11.6 Å². The van der Waals surface area contributed by atoms with Crippen molar-refractivity contribution in [2.75, 3.05) is 6.61 Å². The maximum atomic E-state index is 13.0. The first-order valence-electron chi connectivity index (χ1n) is 3.69. The van der Waals surface area contributed by atoms with Crippen LogP contribution in [0.15, 0.2) is 18.2 Å². The van der Waals surface area contributed by atoms with Crippen LogP contribution in [0.3, 0.4) is 0 Å². The van der Waals surface area contributed by atoms with E-state index in [9.17, 15) is 4.39 Å². The van der Waals surface area contributed by atoms with E-state index in [4.69, 9.17) is 21.6 Å². The minimum atomic E-state index is -0.509. The van der Waals surface area contributed by atoms with E-state index in [0.717, 1.165) is 0 Å². The monoisotopic (exact) mass is 199 g/mol. The van der Waals surface area contributed by atoms with Crippen molar-refractivity contribution in [2.24, 2.45) is 0 Å². The van der Waals surface area contributed by atoms with Gasteiger partial charge in [-0.2, -0.15) is 5.26 Å². The number of hydrogen-bond donors (Lipinski definition) is 0. The molecule has 0 N–H and O–H groups in total. The highest BCUT2D eigenvalue weighted by Crippen LogP contribution is 2.27. The van der Waals surface area contributed by atoms with E-state index < -0.39 is 5.82 Å². The van der Waals surface area contributed by atoms with Crippen molar-refractivity contribution in [3.8, 4) is 11.8 Å². The van der Waals surface area contributed by atoms with E-state index in [1.807, 2.05) is 6.07 Å². The molecule has 0 atom stereocenters. The number of nitrogens with zero attached hydrogens (tertiary/aromatic N) is 1. The predicted octanol–water partition coefficient (Wildman–Crippen LogP) is 2.77. The topological polar surface area (TPSA) is 33.0 Å². The minimum absolute atomic E-state index is 0.0133. The summed E-state index contributed by atoms with van der Waals surface area (Å²) < 4.78 is 18.0. The standard InChI is InChI=1S/C9H7ClFNO/c10-7-3-1-4-8(11)9(7)13-6-2-5-12/h1,3-4H,2,6H2. The van der Waals surface area contributed by atoms with Gasteiger partial charge in [-0.15, -0.1) is 0 Å². The molecule has 0 saturated heterocycles. The Morgan fingerprint density at radius 3 is 2.92 bits per heavy atom. The van der Waals surface area contributed by atoms with E-state index in [1.165, 1.54) is 18.2 Å². The van der Waals surface area contributed by atoms with Gasteiger partial charge in [-0.25, -0.2) is 4.39 Å². The zero-order valence-corrected chi connectivity index (χ0v) is 7.51. The molecule has 13 heavy (non-hydrogen) atoms. The van der Waals surface area contributed by atoms with Crippen LogP contribution in [-0.4, -0.2) is 6.61 Å². The summed E-state index contributed by atoms with van der Waals surface area (Å²) in [7, 11) is 0. The summed E-state index contributed by atoms with van der Waals surface area (Å²) in [6.45, 7) is 0.150. The van der Waals surface area contributed by atoms with Gasteiger partial charge >= 0.3 is 0 Å². The van der Waals surface area contributed by atoms with E-state index in [1.54, 1.807) is 0 Å². The summed E-state index contributed by atoms with van der Waals surface area (Å²) in [5, 5.41) is 8.45. The first-order chi connectivity index (χ1) is 6.25. The second-order valence-corrected chi connectivity index (χ2v) is 2.71. The summed E-state index contributed by atoms with van der Waals surface area (Å²) in [6.07, 6.45) is 0.213. The number of ether oxygens (including phenoxy) is 1. The van der Waals surface area contributed by atoms with Crippen LogP contribution in [0.25, 0.3) is 0 Å². The Morgan fingerprint density at radius 2 is 2.31 bits per heavy atom. The molecule has 4 heteroatoms. The molecule has 0 unspecified atom stereocenters. The highest BCUT2D eigenvalue weighted by Gasteiger charge is 2.06. The molecule has 1 rings (SSSR count). The molecule has 0 heterocycles. The maximum absolute atomic E-state index is 13.0. The van der Waals surface area contributed by atoms with Crippen LogP contribution in [0.5, 0.6) is 5.75 Å². The molecule has 0 radical (unpaired) electrons. The lowest BCUT2D eigenvalue weighted by Crippen LogP contribution is -1.98. The number of benzene rings is 1. The minimum Gasteiger partial charge on any atom is -0.488 e. The van der Waals surface area contributed by atoms with Crippen LogP contribution in [0, 0.1) is 17.1 Å². The molecule has 0 bridgehead atoms. The predicted molar refractivity (Wildman–Crippen MR) is 47.1 cm³/mol. The maximum Gasteiger partial charge on any atom is 0.173 e. The van der Waals surface area contributed by atoms with Gasteiger partial charge < -0.3 is 4.74 Å². The fourth-order valence-electron chi connectivity index (χ4n) is 0.819. The molecule has 0 aliphatic carbocycles. The Balaban J connectivity index is 2.71. The molecule has 1 aromatic rings. The van der Waals surface area contributed by atoms with Gasteiger partial charge in [0.25, 0.3) is 0 Å². The number of halogens is 2. The first kappa shape index (κ1) is 9.82. The molecule has 0 fully saturated rings. The first-order valence-corrected chi connectivity index (χ1v) is 4.07. The van der Waals surface area contributed by atoms with Crippen molar-refractivity contribution in [2.45, 2.75) is 6.42 Å². The van der Waals surface area contributed by atoms with Crippen molar-refractivity contribution < 1.29 is 9.13 Å². The van der Waals surface area contributed by atoms with Crippen LogP contribution < -0.4 is 4.74 Å². The molecule has 0 aromatic heterocycles. The SMILES string of the molecule is N#CCCOc1c(F)cccc1Cl. The number of para-hydroxylation sites is 1. The zero-order valence-electron chi connectivity index (χ0n) is 6.76. The molecule has 0 aliphatic heterocycles. The zero-order chi connectivity index (χ0) is 9.68. The van der Waals surface area contributed by atoms with Gasteiger partial charge in [0.2, 0.25) is 0 Å². The molecule has 0 saturated carbocycles. The summed E-state index contributed by atoms with van der Waals surface area (Å²) in [4.78, 5) is 0. The Kier molecular flexibility index (Phi) is 3.53. The van der Waals surface area contributed by atoms with Crippen molar-refractivity contribution in [3.05, 3.63) is 29.0 Å². The second-order valence-electron chi connectivity index (χ2n) is 2.31. The quantitative estimate of drug-likeness (QED) is 0.702. The fourth-order valence-corrected chi connectivity index (χ4v) is 1.04. The van der Waals surface area contributed by atoms with Gasteiger partial charge in [0.15, 0.2) is 11.6 Å². The molecule has 1 aromatic carbocycles. The van der Waals surface area contributed by atoms with Crippen molar-refractivity contribution in [1.82, 2.24) is 0 Å². The molecule has 68 valence electrons. The highest BCUT2D eigenvalue weighted by molar-refractivity contribution is 6.32. The Morgan fingerprint density at radius 1 is 1.54 bits per heavy atom. The van der Waals surface area contributed by atoms with Crippen LogP contribution in [-0.2, 0) is 0 Å². The Bertz CT molecular complexity index is 315. The van der Waals surface area contributed by atoms with Gasteiger partial charge in [-0.05, 0) is 12.1 Å². The Hall–Kier alpha value is -1.27. The smallest absolute Gasteiger partial charge is 0.173 e. The average Bonchev–Trinajstić information content (AvgIpc) is 2.10. The van der Waals surface area contributed by atoms with E-state index in [-0.39, 0.29) is 23.8 Å². The third-order valence-corrected chi connectivity index (χ3v) is 1.68. The average molecular weight is 200 g/mol. The lowest BCUT2D eigenvalue weighted by Gasteiger charge is -2.06. The van der Waals surface area contributed by atoms with E-state index >= 15 is 0 Å². The van der Waals surface area contributed by atoms with Gasteiger partial charge in [-0.3, -0.25) is 0 Å². The number of hydrogen-bond acceptors (Lipinski definition) is 2. The molecule has 0 spiro atoms. The van der Waals surface area contributed by atoms with Crippen LogP contribution in [0.1, 0.15) is 6.42 Å². The highest BCUT2D eigenvalue weighted by atomic mass is 35.5. The number of nitriles is 1. The molecule has 0 aliphatic rings. The molecular weight excluding hydrogens is 193 g/mol. The molecular formula is C9H7ClFNO. The number of rotatable bonds is 3. The Labute approximate surface area is 80.5 Å². The largest absolute Gasteiger partial charge is 0.488 e. The van der Waals surface area contributed by atoms with E-state index in [2.05, 4.69) is 0 Å². The normalized spacial score (nSPS) is 9.31. The second kappa shape index (κ2) is 4.68. The van der Waals surface area contributed by atoms with Gasteiger partial charge in [0.1, 0.15) is 6.61 Å². The summed E-state index contributed by atoms with van der Waals surface area (Å²) in [6, 6.07) is 6.17. The lowest BCUT2D eigenvalue weighted by molar-refractivity contribution is 0.309. The molecule has 0 amide bonds. The van der Waals surface area contributed by atoms with Crippen molar-refractivity contribution in [3.63, 3.8) is 0 Å². The fraction of sp³-hybridized carbons (Fsp3) is 0.222. The summed E-state index contributed by atoms with van der Waals surface area (Å²) >= 11 is 5.66. The van der Waals surface area contributed by atoms with Crippen molar-refractivity contribution in [1.29, 1.82) is 5.26 Å². The van der Waals surface area contributed by atoms with Gasteiger partial charge in [-0.1, -0.05) is 17.7 Å². The third kappa shape index (κ3) is 2.60.